The van der Waals surface area contributed by atoms with Gasteiger partial charge in [-0.15, -0.1) is 0 Å². The summed E-state index contributed by atoms with van der Waals surface area (Å²) in [6.07, 6.45) is 0.607. The Hall–Kier alpha value is -2.13. The van der Waals surface area contributed by atoms with E-state index < -0.39 is 0 Å². The van der Waals surface area contributed by atoms with Crippen molar-refractivity contribution in [3.63, 3.8) is 0 Å². The van der Waals surface area contributed by atoms with Gasteiger partial charge in [0.05, 0.1) is 52.9 Å². The summed E-state index contributed by atoms with van der Waals surface area (Å²) in [7, 11) is 0. The highest BCUT2D eigenvalue weighted by atomic mass is 16.6. The van der Waals surface area contributed by atoms with E-state index in [9.17, 15) is 4.79 Å². The van der Waals surface area contributed by atoms with Crippen LogP contribution in [0.3, 0.4) is 0 Å². The molecule has 0 atom stereocenters. The molecule has 8 heteroatoms. The smallest absolute Gasteiger partial charge is 0.339 e. The van der Waals surface area contributed by atoms with Crippen molar-refractivity contribution >= 4 is 11.0 Å². The maximum absolute atomic E-state index is 12.2. The van der Waals surface area contributed by atoms with Crippen molar-refractivity contribution in [2.24, 2.45) is 0 Å². The SMILES string of the molecule is CCc1c(C)c2cc3c(cc2oc1=O)OCCOCCOCCOCCOCCO3. The molecular formula is C22H30O8. The number of rotatable bonds is 1. The van der Waals surface area contributed by atoms with Crippen molar-refractivity contribution in [1.29, 1.82) is 0 Å². The quantitative estimate of drug-likeness (QED) is 0.648. The molecule has 1 aliphatic heterocycles. The lowest BCUT2D eigenvalue weighted by molar-refractivity contribution is -0.00840. The van der Waals surface area contributed by atoms with Crippen LogP contribution in [0.2, 0.25) is 0 Å². The summed E-state index contributed by atoms with van der Waals surface area (Å²) >= 11 is 0. The second-order valence-corrected chi connectivity index (χ2v) is 6.79. The molecule has 0 N–H and O–H groups in total. The summed E-state index contributed by atoms with van der Waals surface area (Å²) in [4.78, 5) is 12.2. The Bertz CT molecular complexity index is 860. The second kappa shape index (κ2) is 11.9. The van der Waals surface area contributed by atoms with Gasteiger partial charge in [-0.1, -0.05) is 6.92 Å². The average Bonchev–Trinajstić information content (AvgIpc) is 2.73. The molecule has 0 unspecified atom stereocenters. The minimum absolute atomic E-state index is 0.317. The van der Waals surface area contributed by atoms with E-state index in [-0.39, 0.29) is 5.63 Å². The Kier molecular flexibility index (Phi) is 8.95. The van der Waals surface area contributed by atoms with Gasteiger partial charge in [0.15, 0.2) is 11.5 Å². The molecule has 8 nitrogen and oxygen atoms in total. The van der Waals surface area contributed by atoms with Crippen LogP contribution >= 0.6 is 0 Å². The predicted octanol–water partition coefficient (Wildman–Crippen LogP) is 2.50. The van der Waals surface area contributed by atoms with Crippen LogP contribution in [0.1, 0.15) is 18.1 Å². The highest BCUT2D eigenvalue weighted by Gasteiger charge is 2.15. The van der Waals surface area contributed by atoms with Crippen molar-refractivity contribution in [3.8, 4) is 11.5 Å². The van der Waals surface area contributed by atoms with Crippen LogP contribution in [0.4, 0.5) is 0 Å². The van der Waals surface area contributed by atoms with Crippen LogP contribution in [-0.4, -0.2) is 66.1 Å². The molecule has 166 valence electrons. The van der Waals surface area contributed by atoms with E-state index in [0.29, 0.717) is 95.1 Å². The number of fused-ring (bicyclic) bond motifs is 2. The van der Waals surface area contributed by atoms with Gasteiger partial charge in [0.2, 0.25) is 0 Å². The summed E-state index contributed by atoms with van der Waals surface area (Å²) < 4.78 is 39.3. The fourth-order valence-corrected chi connectivity index (χ4v) is 3.21. The van der Waals surface area contributed by atoms with Crippen molar-refractivity contribution in [1.82, 2.24) is 0 Å². The standard InChI is InChI=1S/C22H30O8/c1-3-17-16(2)18-14-20-21(15-19(18)30-22(17)23)29-13-11-27-9-7-25-5-4-24-6-8-26-10-12-28-20/h14-15H,3-13H2,1-2H3. The third-order valence-corrected chi connectivity index (χ3v) is 4.79. The first-order valence-electron chi connectivity index (χ1n) is 10.4. The van der Waals surface area contributed by atoms with Gasteiger partial charge in [-0.25, -0.2) is 4.79 Å². The molecule has 0 bridgehead atoms. The Morgan fingerprint density at radius 1 is 0.733 bits per heavy atom. The van der Waals surface area contributed by atoms with Crippen LogP contribution in [0.5, 0.6) is 11.5 Å². The lowest BCUT2D eigenvalue weighted by atomic mass is 10.0. The molecule has 0 radical (unpaired) electrons. The van der Waals surface area contributed by atoms with Crippen LogP contribution in [0, 0.1) is 6.92 Å². The first-order valence-corrected chi connectivity index (χ1v) is 10.4. The molecule has 3 rings (SSSR count). The molecule has 1 aromatic heterocycles. The van der Waals surface area contributed by atoms with Gasteiger partial charge >= 0.3 is 5.63 Å². The van der Waals surface area contributed by atoms with Gasteiger partial charge < -0.3 is 32.8 Å². The zero-order valence-electron chi connectivity index (χ0n) is 17.7. The molecule has 0 aliphatic carbocycles. The predicted molar refractivity (Wildman–Crippen MR) is 111 cm³/mol. The minimum Gasteiger partial charge on any atom is -0.487 e. The number of ether oxygens (including phenoxy) is 6. The van der Waals surface area contributed by atoms with Crippen molar-refractivity contribution in [3.05, 3.63) is 33.7 Å². The van der Waals surface area contributed by atoms with Crippen molar-refractivity contribution in [2.45, 2.75) is 20.3 Å². The van der Waals surface area contributed by atoms with Crippen LogP contribution < -0.4 is 15.1 Å². The molecule has 0 saturated carbocycles. The zero-order valence-corrected chi connectivity index (χ0v) is 17.7. The van der Waals surface area contributed by atoms with Crippen LogP contribution in [0.25, 0.3) is 11.0 Å². The summed E-state index contributed by atoms with van der Waals surface area (Å²) in [6, 6.07) is 3.56. The Morgan fingerprint density at radius 3 is 1.70 bits per heavy atom. The highest BCUT2D eigenvalue weighted by molar-refractivity contribution is 5.84. The Labute approximate surface area is 175 Å². The first kappa shape index (κ1) is 22.6. The zero-order chi connectivity index (χ0) is 21.2. The van der Waals surface area contributed by atoms with E-state index in [2.05, 4.69) is 0 Å². The molecular weight excluding hydrogens is 392 g/mol. The van der Waals surface area contributed by atoms with Gasteiger partial charge in [0.25, 0.3) is 0 Å². The van der Waals surface area contributed by atoms with Crippen LogP contribution in [0.15, 0.2) is 21.3 Å². The second-order valence-electron chi connectivity index (χ2n) is 6.79. The van der Waals surface area contributed by atoms with Gasteiger partial charge in [0.1, 0.15) is 18.8 Å². The first-order chi connectivity index (χ1) is 14.7. The molecule has 0 fully saturated rings. The Morgan fingerprint density at radius 2 is 1.20 bits per heavy atom. The molecule has 30 heavy (non-hydrogen) atoms. The van der Waals surface area contributed by atoms with Gasteiger partial charge in [0, 0.05) is 17.0 Å². The molecule has 0 spiro atoms. The topological polar surface area (TPSA) is 85.6 Å². The van der Waals surface area contributed by atoms with Gasteiger partial charge in [-0.3, -0.25) is 0 Å². The fraction of sp³-hybridized carbons (Fsp3) is 0.591. The number of hydrogen-bond donors (Lipinski definition) is 0. The van der Waals surface area contributed by atoms with E-state index in [1.807, 2.05) is 19.9 Å². The third kappa shape index (κ3) is 6.18. The van der Waals surface area contributed by atoms with E-state index >= 15 is 0 Å². The van der Waals surface area contributed by atoms with Gasteiger partial charge in [-0.05, 0) is 25.0 Å². The maximum Gasteiger partial charge on any atom is 0.339 e. The van der Waals surface area contributed by atoms with Gasteiger partial charge in [-0.2, -0.15) is 0 Å². The van der Waals surface area contributed by atoms with Crippen molar-refractivity contribution in [2.75, 3.05) is 66.1 Å². The number of benzene rings is 1. The molecule has 0 amide bonds. The van der Waals surface area contributed by atoms with E-state index in [1.54, 1.807) is 6.07 Å². The lowest BCUT2D eigenvalue weighted by Crippen LogP contribution is -2.16. The molecule has 1 aromatic carbocycles. The normalized spacial score (nSPS) is 17.9. The summed E-state index contributed by atoms with van der Waals surface area (Å²) in [5.41, 5.74) is 1.72. The fourth-order valence-electron chi connectivity index (χ4n) is 3.21. The Balaban J connectivity index is 1.79. The van der Waals surface area contributed by atoms with Crippen LogP contribution in [-0.2, 0) is 25.4 Å². The van der Waals surface area contributed by atoms with E-state index in [0.717, 1.165) is 10.9 Å². The minimum atomic E-state index is -0.317. The number of hydrogen-bond acceptors (Lipinski definition) is 8. The van der Waals surface area contributed by atoms with E-state index in [1.165, 1.54) is 0 Å². The number of aryl methyl sites for hydroxylation is 1. The molecule has 2 aromatic rings. The summed E-state index contributed by atoms with van der Waals surface area (Å²) in [5, 5.41) is 0.832. The lowest BCUT2D eigenvalue weighted by Gasteiger charge is -2.16. The summed E-state index contributed by atoms with van der Waals surface area (Å²) in [5.74, 6) is 1.07. The largest absolute Gasteiger partial charge is 0.487 e. The summed E-state index contributed by atoms with van der Waals surface area (Å²) in [6.45, 7) is 8.37. The molecule has 2 heterocycles. The van der Waals surface area contributed by atoms with Crippen molar-refractivity contribution < 1.29 is 32.8 Å². The maximum atomic E-state index is 12.2. The van der Waals surface area contributed by atoms with E-state index in [4.69, 9.17) is 32.8 Å². The monoisotopic (exact) mass is 422 g/mol. The highest BCUT2D eigenvalue weighted by Crippen LogP contribution is 2.34. The molecule has 0 saturated heterocycles. The average molecular weight is 422 g/mol. The third-order valence-electron chi connectivity index (χ3n) is 4.79. The molecule has 1 aliphatic rings.